The highest BCUT2D eigenvalue weighted by Gasteiger charge is 2.34. The summed E-state index contributed by atoms with van der Waals surface area (Å²) in [5.74, 6) is 0.208. The fraction of sp³-hybridized carbons (Fsp3) is 0.344. The number of alkyl carbamates (subject to hydrolysis) is 1. The highest BCUT2D eigenvalue weighted by atomic mass is 16.5. The summed E-state index contributed by atoms with van der Waals surface area (Å²) >= 11 is 0. The molecule has 41 heavy (non-hydrogen) atoms. The van der Waals surface area contributed by atoms with E-state index in [9.17, 15) is 14.4 Å². The molecule has 0 spiro atoms. The van der Waals surface area contributed by atoms with Crippen molar-refractivity contribution in [3.63, 3.8) is 0 Å². The van der Waals surface area contributed by atoms with Gasteiger partial charge in [-0.25, -0.2) is 4.79 Å². The maximum atomic E-state index is 13.3. The Morgan fingerprint density at radius 2 is 1.63 bits per heavy atom. The van der Waals surface area contributed by atoms with E-state index in [1.54, 1.807) is 0 Å². The van der Waals surface area contributed by atoms with Gasteiger partial charge in [-0.2, -0.15) is 0 Å². The molecule has 1 atom stereocenters. The summed E-state index contributed by atoms with van der Waals surface area (Å²) in [6.07, 6.45) is 1.82. The molecule has 9 heteroatoms. The molecule has 208 valence electrons. The van der Waals surface area contributed by atoms with Gasteiger partial charge in [0.25, 0.3) is 5.91 Å². The average Bonchev–Trinajstić information content (AvgIpc) is 3.71. The van der Waals surface area contributed by atoms with Crippen LogP contribution in [-0.4, -0.2) is 58.2 Å². The van der Waals surface area contributed by atoms with Gasteiger partial charge in [0.2, 0.25) is 5.91 Å². The Labute approximate surface area is 236 Å². The van der Waals surface area contributed by atoms with E-state index >= 15 is 0 Å². The maximum absolute atomic E-state index is 13.3. The Morgan fingerprint density at radius 1 is 0.951 bits per heavy atom. The number of amides is 3. The molecular formula is C32H31N5O4. The minimum Gasteiger partial charge on any atom is -0.449 e. The van der Waals surface area contributed by atoms with Gasteiger partial charge >= 0.3 is 6.09 Å². The van der Waals surface area contributed by atoms with Crippen LogP contribution in [0.4, 0.5) is 4.79 Å². The Kier molecular flexibility index (Phi) is 5.48. The van der Waals surface area contributed by atoms with E-state index in [2.05, 4.69) is 56.2 Å². The van der Waals surface area contributed by atoms with Crippen LogP contribution in [0.5, 0.6) is 0 Å². The summed E-state index contributed by atoms with van der Waals surface area (Å²) in [4.78, 5) is 39.6. The third kappa shape index (κ3) is 3.64. The number of para-hydroxylation sites is 2. The second-order valence-electron chi connectivity index (χ2n) is 11.5. The molecule has 0 radical (unpaired) electrons. The monoisotopic (exact) mass is 549 g/mol. The number of nitrogens with one attached hydrogen (secondary N) is 2. The van der Waals surface area contributed by atoms with Crippen LogP contribution in [0.15, 0.2) is 48.5 Å². The second kappa shape index (κ2) is 9.26. The molecule has 9 nitrogen and oxygen atoms in total. The quantitative estimate of drug-likeness (QED) is 0.305. The summed E-state index contributed by atoms with van der Waals surface area (Å²) in [6, 6.07) is 16.7. The van der Waals surface area contributed by atoms with Crippen LogP contribution in [-0.2, 0) is 29.2 Å². The van der Waals surface area contributed by atoms with Crippen molar-refractivity contribution in [1.29, 1.82) is 0 Å². The van der Waals surface area contributed by atoms with E-state index in [4.69, 9.17) is 4.74 Å². The van der Waals surface area contributed by atoms with Gasteiger partial charge in [0, 0.05) is 84.2 Å². The van der Waals surface area contributed by atoms with E-state index < -0.39 is 6.09 Å². The zero-order valence-corrected chi connectivity index (χ0v) is 22.7. The summed E-state index contributed by atoms with van der Waals surface area (Å²) < 4.78 is 10.5. The number of fused-ring (bicyclic) bond motifs is 9. The van der Waals surface area contributed by atoms with Crippen LogP contribution < -0.4 is 10.6 Å². The van der Waals surface area contributed by atoms with Crippen molar-refractivity contribution >= 4 is 61.5 Å². The molecule has 8 rings (SSSR count). The van der Waals surface area contributed by atoms with E-state index in [0.717, 1.165) is 67.7 Å². The summed E-state index contributed by atoms with van der Waals surface area (Å²) in [7, 11) is 0. The summed E-state index contributed by atoms with van der Waals surface area (Å²) in [5, 5.41) is 10.3. The van der Waals surface area contributed by atoms with Crippen LogP contribution in [0.2, 0.25) is 0 Å². The molecule has 2 N–H and O–H groups in total. The zero-order chi connectivity index (χ0) is 27.7. The van der Waals surface area contributed by atoms with E-state index in [-0.39, 0.29) is 24.3 Å². The normalized spacial score (nSPS) is 18.1. The van der Waals surface area contributed by atoms with Crippen molar-refractivity contribution in [2.75, 3.05) is 26.2 Å². The number of benzene rings is 3. The van der Waals surface area contributed by atoms with Crippen LogP contribution in [0.25, 0.3) is 43.6 Å². The standard InChI is InChI=1S/C32H31N5O4/c38-25-11-5-13-35(25)14-6-12-33-32(40)41-18-19-16-36-23-9-3-1-7-20(23)26-22-15-34-31(39)28(22)27-21-8-2-4-10-24(21)37(17-19)30(27)29(26)36/h1-4,7-10,19H,5-6,11-18H2,(H,33,40)(H,34,39). The molecule has 3 aliphatic rings. The molecule has 3 aliphatic heterocycles. The van der Waals surface area contributed by atoms with Crippen LogP contribution in [0.3, 0.4) is 0 Å². The van der Waals surface area contributed by atoms with Gasteiger partial charge in [-0.3, -0.25) is 9.59 Å². The van der Waals surface area contributed by atoms with E-state index in [1.165, 1.54) is 0 Å². The number of ether oxygens (including phenoxy) is 1. The molecule has 3 aromatic carbocycles. The molecule has 5 aromatic rings. The number of hydrogen-bond donors (Lipinski definition) is 2. The number of hydrogen-bond acceptors (Lipinski definition) is 4. The largest absolute Gasteiger partial charge is 0.449 e. The highest BCUT2D eigenvalue weighted by Crippen LogP contribution is 2.46. The molecule has 0 saturated carbocycles. The Balaban J connectivity index is 1.15. The van der Waals surface area contributed by atoms with Crippen LogP contribution in [0.1, 0.15) is 35.2 Å². The highest BCUT2D eigenvalue weighted by molar-refractivity contribution is 6.30. The molecule has 1 unspecified atom stereocenters. The van der Waals surface area contributed by atoms with Crippen molar-refractivity contribution in [3.8, 4) is 0 Å². The molecule has 0 bridgehead atoms. The van der Waals surface area contributed by atoms with Crippen molar-refractivity contribution in [1.82, 2.24) is 24.7 Å². The van der Waals surface area contributed by atoms with Gasteiger partial charge in [0.1, 0.15) is 0 Å². The molecular weight excluding hydrogens is 518 g/mol. The van der Waals surface area contributed by atoms with Gasteiger partial charge in [-0.1, -0.05) is 36.4 Å². The fourth-order valence-corrected chi connectivity index (χ4v) is 7.32. The predicted molar refractivity (Wildman–Crippen MR) is 157 cm³/mol. The third-order valence-electron chi connectivity index (χ3n) is 9.05. The Morgan fingerprint density at radius 3 is 2.34 bits per heavy atom. The second-order valence-corrected chi connectivity index (χ2v) is 11.5. The lowest BCUT2D eigenvalue weighted by atomic mass is 9.97. The van der Waals surface area contributed by atoms with E-state index in [0.29, 0.717) is 45.6 Å². The maximum Gasteiger partial charge on any atom is 0.407 e. The van der Waals surface area contributed by atoms with Crippen LogP contribution in [0, 0.1) is 5.92 Å². The van der Waals surface area contributed by atoms with Crippen molar-refractivity contribution in [3.05, 3.63) is 59.7 Å². The van der Waals surface area contributed by atoms with Gasteiger partial charge in [-0.15, -0.1) is 0 Å². The SMILES string of the molecule is O=C(NCCCN1CCCC1=O)OCC1Cn2c3ccccc3c3c4c(c5c6ccccc6n(c5c32)C1)C(=O)NC4. The Hall–Kier alpha value is -4.53. The molecule has 2 aromatic heterocycles. The molecule has 5 heterocycles. The third-order valence-corrected chi connectivity index (χ3v) is 9.05. The van der Waals surface area contributed by atoms with Crippen molar-refractivity contribution in [2.24, 2.45) is 5.92 Å². The first-order valence-corrected chi connectivity index (χ1v) is 14.5. The fourth-order valence-electron chi connectivity index (χ4n) is 7.32. The molecule has 3 amide bonds. The number of aromatic nitrogens is 2. The lowest BCUT2D eigenvalue weighted by molar-refractivity contribution is -0.127. The molecule has 1 saturated heterocycles. The lowest BCUT2D eigenvalue weighted by Crippen LogP contribution is -2.32. The number of carbonyl (C=O) groups is 3. The first-order chi connectivity index (χ1) is 20.1. The van der Waals surface area contributed by atoms with E-state index in [1.807, 2.05) is 17.0 Å². The number of carbonyl (C=O) groups excluding carboxylic acids is 3. The lowest BCUT2D eigenvalue weighted by Gasteiger charge is -2.19. The van der Waals surface area contributed by atoms with Gasteiger partial charge < -0.3 is 29.4 Å². The number of likely N-dealkylation sites (tertiary alicyclic amines) is 1. The number of nitrogens with zero attached hydrogens (tertiary/aromatic N) is 3. The van der Waals surface area contributed by atoms with Gasteiger partial charge in [-0.05, 0) is 30.5 Å². The first kappa shape index (κ1) is 24.3. The predicted octanol–water partition coefficient (Wildman–Crippen LogP) is 4.51. The zero-order valence-electron chi connectivity index (χ0n) is 22.7. The van der Waals surface area contributed by atoms with Crippen molar-refractivity contribution < 1.29 is 19.1 Å². The first-order valence-electron chi connectivity index (χ1n) is 14.5. The minimum atomic E-state index is -0.430. The minimum absolute atomic E-state index is 0.0171. The Bertz CT molecular complexity index is 1920. The molecule has 1 fully saturated rings. The van der Waals surface area contributed by atoms with Gasteiger partial charge in [0.05, 0.1) is 23.2 Å². The topological polar surface area (TPSA) is 97.6 Å². The average molecular weight is 550 g/mol. The summed E-state index contributed by atoms with van der Waals surface area (Å²) in [6.45, 7) is 4.09. The van der Waals surface area contributed by atoms with Gasteiger partial charge in [0.15, 0.2) is 0 Å². The number of rotatable bonds is 6. The van der Waals surface area contributed by atoms with Crippen LogP contribution >= 0.6 is 0 Å². The van der Waals surface area contributed by atoms with Crippen molar-refractivity contribution in [2.45, 2.75) is 38.9 Å². The smallest absolute Gasteiger partial charge is 0.407 e. The summed E-state index contributed by atoms with van der Waals surface area (Å²) in [5.41, 5.74) is 6.30. The molecule has 0 aliphatic carbocycles.